The predicted octanol–water partition coefficient (Wildman–Crippen LogP) is 2.26. The number of esters is 1. The third-order valence-corrected chi connectivity index (χ3v) is 4.57. The van der Waals surface area contributed by atoms with Gasteiger partial charge in [0.05, 0.1) is 18.4 Å². The van der Waals surface area contributed by atoms with Crippen LogP contribution in [0.2, 0.25) is 0 Å². The maximum Gasteiger partial charge on any atom is 0.326 e. The molecule has 10 heteroatoms. The van der Waals surface area contributed by atoms with Crippen molar-refractivity contribution in [3.8, 4) is 0 Å². The van der Waals surface area contributed by atoms with Crippen LogP contribution in [0.4, 0.5) is 5.13 Å². The van der Waals surface area contributed by atoms with Crippen molar-refractivity contribution >= 4 is 34.3 Å². The van der Waals surface area contributed by atoms with E-state index in [9.17, 15) is 14.4 Å². The van der Waals surface area contributed by atoms with Crippen molar-refractivity contribution < 1.29 is 23.5 Å². The molecular formula is C20H28N4O5S. The SMILES string of the molecule is CN(C)CCN(CC(=O)OC(C)(C)C)C(=O)Cc1csc(NC(=O)c2ccco2)n1. The lowest BCUT2D eigenvalue weighted by Crippen LogP contribution is -2.42. The molecule has 0 aliphatic rings. The summed E-state index contributed by atoms with van der Waals surface area (Å²) in [5.41, 5.74) is -0.109. The summed E-state index contributed by atoms with van der Waals surface area (Å²) in [6.45, 7) is 6.21. The Balaban J connectivity index is 1.99. The van der Waals surface area contributed by atoms with Crippen molar-refractivity contribution in [3.05, 3.63) is 35.2 Å². The first-order valence-corrected chi connectivity index (χ1v) is 10.3. The molecule has 2 heterocycles. The quantitative estimate of drug-likeness (QED) is 0.601. The topological polar surface area (TPSA) is 105 Å². The molecule has 0 aliphatic carbocycles. The summed E-state index contributed by atoms with van der Waals surface area (Å²) in [4.78, 5) is 44.7. The Labute approximate surface area is 180 Å². The average Bonchev–Trinajstić information content (AvgIpc) is 3.28. The fourth-order valence-corrected chi connectivity index (χ4v) is 3.13. The molecule has 0 atom stereocenters. The van der Waals surface area contributed by atoms with Crippen LogP contribution in [0.3, 0.4) is 0 Å². The summed E-state index contributed by atoms with van der Waals surface area (Å²) < 4.78 is 10.4. The number of aromatic nitrogens is 1. The number of thiazole rings is 1. The molecule has 0 aliphatic heterocycles. The number of carbonyl (C=O) groups is 3. The van der Waals surface area contributed by atoms with Crippen molar-refractivity contribution in [2.75, 3.05) is 39.0 Å². The number of amides is 2. The minimum absolute atomic E-state index is 0.0172. The van der Waals surface area contributed by atoms with E-state index in [4.69, 9.17) is 9.15 Å². The first kappa shape index (κ1) is 23.6. The lowest BCUT2D eigenvalue weighted by molar-refractivity contribution is -0.158. The van der Waals surface area contributed by atoms with Crippen LogP contribution in [0, 0.1) is 0 Å². The van der Waals surface area contributed by atoms with Gasteiger partial charge in [0.25, 0.3) is 5.91 Å². The minimum Gasteiger partial charge on any atom is -0.459 e. The van der Waals surface area contributed by atoms with Gasteiger partial charge in [-0.15, -0.1) is 11.3 Å². The molecule has 0 saturated carbocycles. The molecule has 30 heavy (non-hydrogen) atoms. The number of ether oxygens (including phenoxy) is 1. The van der Waals surface area contributed by atoms with Gasteiger partial charge in [0.15, 0.2) is 10.9 Å². The Morgan fingerprint density at radius 3 is 2.57 bits per heavy atom. The molecule has 2 amide bonds. The van der Waals surface area contributed by atoms with Crippen LogP contribution in [0.5, 0.6) is 0 Å². The zero-order valence-electron chi connectivity index (χ0n) is 17.9. The highest BCUT2D eigenvalue weighted by Crippen LogP contribution is 2.18. The largest absolute Gasteiger partial charge is 0.459 e. The van der Waals surface area contributed by atoms with Gasteiger partial charge in [-0.1, -0.05) is 0 Å². The van der Waals surface area contributed by atoms with E-state index in [1.165, 1.54) is 22.5 Å². The van der Waals surface area contributed by atoms with Crippen molar-refractivity contribution in [1.29, 1.82) is 0 Å². The van der Waals surface area contributed by atoms with Crippen molar-refractivity contribution in [2.45, 2.75) is 32.8 Å². The Bertz CT molecular complexity index is 855. The number of hydrogen-bond acceptors (Lipinski definition) is 8. The first-order chi connectivity index (χ1) is 14.0. The highest BCUT2D eigenvalue weighted by molar-refractivity contribution is 7.14. The van der Waals surface area contributed by atoms with E-state index in [2.05, 4.69) is 10.3 Å². The van der Waals surface area contributed by atoms with Gasteiger partial charge in [-0.25, -0.2) is 4.98 Å². The van der Waals surface area contributed by atoms with Gasteiger partial charge in [0.2, 0.25) is 5.91 Å². The van der Waals surface area contributed by atoms with E-state index >= 15 is 0 Å². The van der Waals surface area contributed by atoms with Gasteiger partial charge < -0.3 is 19.0 Å². The number of hydrogen-bond donors (Lipinski definition) is 1. The van der Waals surface area contributed by atoms with Gasteiger partial charge >= 0.3 is 5.97 Å². The highest BCUT2D eigenvalue weighted by Gasteiger charge is 2.23. The summed E-state index contributed by atoms with van der Waals surface area (Å²) in [5.74, 6) is -0.934. The van der Waals surface area contributed by atoms with E-state index in [-0.39, 0.29) is 24.6 Å². The normalized spacial score (nSPS) is 11.4. The molecule has 1 N–H and O–H groups in total. The molecule has 0 unspecified atom stereocenters. The number of carbonyl (C=O) groups excluding carboxylic acids is 3. The Morgan fingerprint density at radius 2 is 1.97 bits per heavy atom. The summed E-state index contributed by atoms with van der Waals surface area (Å²) in [7, 11) is 3.79. The second kappa shape index (κ2) is 10.4. The van der Waals surface area contributed by atoms with Crippen molar-refractivity contribution in [2.24, 2.45) is 0 Å². The third kappa shape index (κ3) is 7.96. The van der Waals surface area contributed by atoms with Crippen LogP contribution in [0.25, 0.3) is 0 Å². The Hall–Kier alpha value is -2.72. The third-order valence-electron chi connectivity index (χ3n) is 3.76. The molecule has 9 nitrogen and oxygen atoms in total. The van der Waals surface area contributed by atoms with E-state index < -0.39 is 17.5 Å². The monoisotopic (exact) mass is 436 g/mol. The fourth-order valence-electron chi connectivity index (χ4n) is 2.42. The van der Waals surface area contributed by atoms with Gasteiger partial charge in [0, 0.05) is 18.5 Å². The Morgan fingerprint density at radius 1 is 1.23 bits per heavy atom. The van der Waals surface area contributed by atoms with Gasteiger partial charge in [-0.05, 0) is 47.0 Å². The molecule has 164 valence electrons. The number of nitrogens with zero attached hydrogens (tertiary/aromatic N) is 3. The maximum atomic E-state index is 12.8. The standard InChI is InChI=1S/C20H28N4O5S/c1-20(2,3)29-17(26)12-24(9-8-23(4)5)16(25)11-14-13-30-19(21-14)22-18(27)15-7-6-10-28-15/h6-7,10,13H,8-9,11-12H2,1-5H3,(H,21,22,27). The second-order valence-corrected chi connectivity index (χ2v) is 8.82. The lowest BCUT2D eigenvalue weighted by atomic mass is 10.2. The lowest BCUT2D eigenvalue weighted by Gasteiger charge is -2.26. The number of nitrogens with one attached hydrogen (secondary N) is 1. The van der Waals surface area contributed by atoms with Crippen molar-refractivity contribution in [1.82, 2.24) is 14.8 Å². The summed E-state index contributed by atoms with van der Waals surface area (Å²) in [6, 6.07) is 3.17. The summed E-state index contributed by atoms with van der Waals surface area (Å²) in [6.07, 6.45) is 1.43. The van der Waals surface area contributed by atoms with Crippen molar-refractivity contribution in [3.63, 3.8) is 0 Å². The molecule has 2 rings (SSSR count). The minimum atomic E-state index is -0.622. The van der Waals surface area contributed by atoms with Crippen LogP contribution in [0.1, 0.15) is 37.0 Å². The molecular weight excluding hydrogens is 408 g/mol. The molecule has 0 fully saturated rings. The zero-order valence-corrected chi connectivity index (χ0v) is 18.7. The van der Waals surface area contributed by atoms with Crippen LogP contribution in [-0.4, -0.2) is 71.9 Å². The number of rotatable bonds is 9. The fraction of sp³-hybridized carbons (Fsp3) is 0.500. The Kier molecular flexibility index (Phi) is 8.13. The van der Waals surface area contributed by atoms with Crippen LogP contribution < -0.4 is 5.32 Å². The van der Waals surface area contributed by atoms with Gasteiger partial charge in [0.1, 0.15) is 12.1 Å². The molecule has 2 aromatic rings. The molecule has 0 aromatic carbocycles. The average molecular weight is 437 g/mol. The maximum absolute atomic E-state index is 12.8. The summed E-state index contributed by atoms with van der Waals surface area (Å²) in [5, 5.41) is 4.70. The van der Waals surface area contributed by atoms with E-state index in [1.54, 1.807) is 38.3 Å². The first-order valence-electron chi connectivity index (χ1n) is 9.47. The van der Waals surface area contributed by atoms with E-state index in [0.29, 0.717) is 23.9 Å². The van der Waals surface area contributed by atoms with E-state index in [0.717, 1.165) is 0 Å². The van der Waals surface area contributed by atoms with Gasteiger partial charge in [-0.2, -0.15) is 0 Å². The van der Waals surface area contributed by atoms with Crippen LogP contribution in [0.15, 0.2) is 28.2 Å². The zero-order chi connectivity index (χ0) is 22.3. The highest BCUT2D eigenvalue weighted by atomic mass is 32.1. The number of likely N-dealkylation sites (N-methyl/N-ethyl adjacent to an activating group) is 1. The van der Waals surface area contributed by atoms with Crippen LogP contribution in [-0.2, 0) is 20.7 Å². The molecule has 0 spiro atoms. The van der Waals surface area contributed by atoms with E-state index in [1.807, 2.05) is 19.0 Å². The number of anilines is 1. The molecule has 0 bridgehead atoms. The smallest absolute Gasteiger partial charge is 0.326 e. The molecule has 0 saturated heterocycles. The van der Waals surface area contributed by atoms with Gasteiger partial charge in [-0.3, -0.25) is 19.7 Å². The number of furan rings is 1. The molecule has 2 aromatic heterocycles. The molecule has 0 radical (unpaired) electrons. The summed E-state index contributed by atoms with van der Waals surface area (Å²) >= 11 is 1.21. The van der Waals surface area contributed by atoms with Crippen LogP contribution >= 0.6 is 11.3 Å². The second-order valence-electron chi connectivity index (χ2n) is 7.96. The predicted molar refractivity (Wildman–Crippen MR) is 113 cm³/mol.